The molecule has 1 heterocycles. The van der Waals surface area contributed by atoms with Crippen molar-refractivity contribution in [3.8, 4) is 5.75 Å². The number of carbonyl (C=O) groups excluding carboxylic acids is 2. The minimum atomic E-state index is -0.680. The molecule has 1 saturated heterocycles. The number of likely N-dealkylation sites (tertiary alicyclic amines) is 1. The van der Waals surface area contributed by atoms with Gasteiger partial charge in [0.25, 0.3) is 0 Å². The maximum absolute atomic E-state index is 13.9. The SMILES string of the molecule is CCCC(CCC)C(=O)N1CC(Oc2ccccc2F)CC1C(=O)OC. The van der Waals surface area contributed by atoms with Gasteiger partial charge < -0.3 is 14.4 Å². The lowest BCUT2D eigenvalue weighted by atomic mass is 9.96. The van der Waals surface area contributed by atoms with Crippen LogP contribution in [0, 0.1) is 11.7 Å². The maximum atomic E-state index is 13.9. The van der Waals surface area contributed by atoms with E-state index < -0.39 is 23.9 Å². The third kappa shape index (κ3) is 4.74. The van der Waals surface area contributed by atoms with Crippen LogP contribution in [-0.4, -0.2) is 42.6 Å². The number of hydrogen-bond donors (Lipinski definition) is 0. The molecule has 144 valence electrons. The number of methoxy groups -OCH3 is 1. The summed E-state index contributed by atoms with van der Waals surface area (Å²) >= 11 is 0. The number of halogens is 1. The molecule has 1 aromatic rings. The molecular formula is C20H28FNO4. The molecule has 0 spiro atoms. The molecule has 0 saturated carbocycles. The maximum Gasteiger partial charge on any atom is 0.328 e. The molecule has 1 aliphatic heterocycles. The number of carbonyl (C=O) groups is 2. The van der Waals surface area contributed by atoms with Crippen molar-refractivity contribution in [3.05, 3.63) is 30.1 Å². The lowest BCUT2D eigenvalue weighted by Crippen LogP contribution is -2.44. The van der Waals surface area contributed by atoms with Crippen molar-refractivity contribution in [2.24, 2.45) is 5.92 Å². The van der Waals surface area contributed by atoms with E-state index in [4.69, 9.17) is 9.47 Å². The minimum Gasteiger partial charge on any atom is -0.485 e. The van der Waals surface area contributed by atoms with Gasteiger partial charge in [0.15, 0.2) is 11.6 Å². The predicted octanol–water partition coefficient (Wildman–Crippen LogP) is 3.56. The molecule has 6 heteroatoms. The monoisotopic (exact) mass is 365 g/mol. The summed E-state index contributed by atoms with van der Waals surface area (Å²) in [6, 6.07) is 5.46. The highest BCUT2D eigenvalue weighted by Gasteiger charge is 2.43. The van der Waals surface area contributed by atoms with Crippen molar-refractivity contribution in [1.29, 1.82) is 0 Å². The number of esters is 1. The highest BCUT2D eigenvalue weighted by molar-refractivity contribution is 5.86. The van der Waals surface area contributed by atoms with Gasteiger partial charge in [0.05, 0.1) is 13.7 Å². The molecule has 0 bridgehead atoms. The minimum absolute atomic E-state index is 0.0382. The van der Waals surface area contributed by atoms with E-state index in [-0.39, 0.29) is 24.1 Å². The van der Waals surface area contributed by atoms with E-state index in [0.717, 1.165) is 25.7 Å². The van der Waals surface area contributed by atoms with Crippen molar-refractivity contribution >= 4 is 11.9 Å². The molecular weight excluding hydrogens is 337 g/mol. The Kier molecular flexibility index (Phi) is 7.42. The Hall–Kier alpha value is -2.11. The smallest absolute Gasteiger partial charge is 0.328 e. The molecule has 2 rings (SSSR count). The van der Waals surface area contributed by atoms with E-state index in [1.54, 1.807) is 23.1 Å². The van der Waals surface area contributed by atoms with Gasteiger partial charge in [0, 0.05) is 12.3 Å². The van der Waals surface area contributed by atoms with Crippen molar-refractivity contribution in [1.82, 2.24) is 4.90 Å². The molecule has 0 N–H and O–H groups in total. The van der Waals surface area contributed by atoms with Crippen LogP contribution >= 0.6 is 0 Å². The number of ether oxygens (including phenoxy) is 2. The molecule has 0 aliphatic carbocycles. The Morgan fingerprint density at radius 1 is 1.23 bits per heavy atom. The lowest BCUT2D eigenvalue weighted by molar-refractivity contribution is -0.152. The second-order valence-corrected chi connectivity index (χ2v) is 6.71. The summed E-state index contributed by atoms with van der Waals surface area (Å²) in [4.78, 5) is 26.8. The fourth-order valence-corrected chi connectivity index (χ4v) is 3.53. The topological polar surface area (TPSA) is 55.8 Å². The van der Waals surface area contributed by atoms with Crippen molar-refractivity contribution < 1.29 is 23.5 Å². The molecule has 0 radical (unpaired) electrons. The van der Waals surface area contributed by atoms with Crippen LogP contribution in [0.2, 0.25) is 0 Å². The Labute approximate surface area is 154 Å². The number of para-hydroxylation sites is 1. The van der Waals surface area contributed by atoms with Gasteiger partial charge in [0.1, 0.15) is 12.1 Å². The molecule has 1 aliphatic rings. The van der Waals surface area contributed by atoms with Crippen LogP contribution in [0.25, 0.3) is 0 Å². The van der Waals surface area contributed by atoms with E-state index in [9.17, 15) is 14.0 Å². The van der Waals surface area contributed by atoms with E-state index >= 15 is 0 Å². The lowest BCUT2D eigenvalue weighted by Gasteiger charge is -2.27. The fourth-order valence-electron chi connectivity index (χ4n) is 3.53. The van der Waals surface area contributed by atoms with E-state index in [1.807, 2.05) is 13.8 Å². The Bertz CT molecular complexity index is 616. The average Bonchev–Trinajstić information content (AvgIpc) is 3.06. The first-order valence-electron chi connectivity index (χ1n) is 9.31. The van der Waals surface area contributed by atoms with Crippen LogP contribution in [0.1, 0.15) is 46.0 Å². The summed E-state index contributed by atoms with van der Waals surface area (Å²) in [5.41, 5.74) is 0. The zero-order valence-electron chi connectivity index (χ0n) is 15.7. The van der Waals surface area contributed by atoms with Crippen LogP contribution in [0.15, 0.2) is 24.3 Å². The summed E-state index contributed by atoms with van der Waals surface area (Å²) in [7, 11) is 1.31. The zero-order chi connectivity index (χ0) is 19.1. The number of nitrogens with zero attached hydrogens (tertiary/aromatic N) is 1. The summed E-state index contributed by atoms with van der Waals surface area (Å²) in [6.45, 7) is 4.35. The molecule has 5 nitrogen and oxygen atoms in total. The highest BCUT2D eigenvalue weighted by Crippen LogP contribution is 2.28. The molecule has 1 amide bonds. The quantitative estimate of drug-likeness (QED) is 0.661. The second kappa shape index (κ2) is 9.55. The van der Waals surface area contributed by atoms with Crippen LogP contribution in [0.4, 0.5) is 4.39 Å². The van der Waals surface area contributed by atoms with Gasteiger partial charge in [-0.3, -0.25) is 4.79 Å². The third-order valence-electron chi connectivity index (χ3n) is 4.77. The second-order valence-electron chi connectivity index (χ2n) is 6.71. The summed E-state index contributed by atoms with van der Waals surface area (Å²) in [6.07, 6.45) is 3.25. The number of amides is 1. The van der Waals surface area contributed by atoms with Gasteiger partial charge in [-0.15, -0.1) is 0 Å². The van der Waals surface area contributed by atoms with E-state index in [1.165, 1.54) is 13.2 Å². The van der Waals surface area contributed by atoms with E-state index in [0.29, 0.717) is 6.42 Å². The van der Waals surface area contributed by atoms with Gasteiger partial charge >= 0.3 is 5.97 Å². The molecule has 2 unspecified atom stereocenters. The predicted molar refractivity (Wildman–Crippen MR) is 96.3 cm³/mol. The van der Waals surface area contributed by atoms with Crippen LogP contribution < -0.4 is 4.74 Å². The van der Waals surface area contributed by atoms with Crippen LogP contribution in [0.3, 0.4) is 0 Å². The number of rotatable bonds is 8. The Morgan fingerprint density at radius 3 is 2.46 bits per heavy atom. The van der Waals surface area contributed by atoms with Crippen molar-refractivity contribution in [2.45, 2.75) is 58.1 Å². The zero-order valence-corrected chi connectivity index (χ0v) is 15.7. The number of hydrogen-bond acceptors (Lipinski definition) is 4. The molecule has 26 heavy (non-hydrogen) atoms. The first-order chi connectivity index (χ1) is 12.5. The van der Waals surface area contributed by atoms with Crippen LogP contribution in [-0.2, 0) is 14.3 Å². The summed E-state index contributed by atoms with van der Waals surface area (Å²) in [5, 5.41) is 0. The van der Waals surface area contributed by atoms with Gasteiger partial charge in [-0.2, -0.15) is 0 Å². The largest absolute Gasteiger partial charge is 0.485 e. The van der Waals surface area contributed by atoms with Crippen LogP contribution in [0.5, 0.6) is 5.75 Å². The Balaban J connectivity index is 2.16. The summed E-state index contributed by atoms with van der Waals surface area (Å²) in [5.74, 6) is -0.923. The highest BCUT2D eigenvalue weighted by atomic mass is 19.1. The van der Waals surface area contributed by atoms with Gasteiger partial charge in [-0.25, -0.2) is 9.18 Å². The van der Waals surface area contributed by atoms with E-state index in [2.05, 4.69) is 0 Å². The fraction of sp³-hybridized carbons (Fsp3) is 0.600. The standard InChI is InChI=1S/C20H28FNO4/c1-4-8-14(9-5-2)19(23)22-13-15(12-17(22)20(24)25-3)26-18-11-7-6-10-16(18)21/h6-7,10-11,14-15,17H,4-5,8-9,12-13H2,1-3H3. The Morgan fingerprint density at radius 2 is 1.88 bits per heavy atom. The van der Waals surface area contributed by atoms with Gasteiger partial charge in [-0.1, -0.05) is 38.8 Å². The molecule has 2 atom stereocenters. The first kappa shape index (κ1) is 20.2. The number of benzene rings is 1. The van der Waals surface area contributed by atoms with Gasteiger partial charge in [-0.05, 0) is 25.0 Å². The normalized spacial score (nSPS) is 19.7. The van der Waals surface area contributed by atoms with Crippen molar-refractivity contribution in [2.75, 3.05) is 13.7 Å². The van der Waals surface area contributed by atoms with Crippen molar-refractivity contribution in [3.63, 3.8) is 0 Å². The summed E-state index contributed by atoms with van der Waals surface area (Å²) < 4.78 is 24.5. The molecule has 1 fully saturated rings. The third-order valence-corrected chi connectivity index (χ3v) is 4.77. The molecule has 0 aromatic heterocycles. The first-order valence-corrected chi connectivity index (χ1v) is 9.31. The average molecular weight is 365 g/mol. The molecule has 1 aromatic carbocycles. The van der Waals surface area contributed by atoms with Gasteiger partial charge in [0.2, 0.25) is 5.91 Å².